The Balaban J connectivity index is 1.75. The zero-order chi connectivity index (χ0) is 11.2. The topological polar surface area (TPSA) is 12.0 Å². The molecule has 1 aliphatic rings. The van der Waals surface area contributed by atoms with E-state index in [9.17, 15) is 0 Å². The monoisotopic (exact) mass is 301 g/mol. The zero-order valence-electron chi connectivity index (χ0n) is 9.68. The molecule has 2 rings (SSSR count). The second-order valence-electron chi connectivity index (χ2n) is 4.68. The van der Waals surface area contributed by atoms with Gasteiger partial charge >= 0.3 is 0 Å². The van der Waals surface area contributed by atoms with Gasteiger partial charge in [0.1, 0.15) is 0 Å². The first-order chi connectivity index (χ1) is 7.84. The van der Waals surface area contributed by atoms with Crippen molar-refractivity contribution < 1.29 is 0 Å². The van der Waals surface area contributed by atoms with Crippen molar-refractivity contribution in [2.24, 2.45) is 0 Å². The van der Waals surface area contributed by atoms with Crippen LogP contribution in [0.15, 0.2) is 15.2 Å². The molecule has 0 aromatic carbocycles. The summed E-state index contributed by atoms with van der Waals surface area (Å²) in [6, 6.07) is 2.97. The normalized spacial score (nSPS) is 19.3. The third-order valence-corrected chi connectivity index (χ3v) is 4.88. The van der Waals surface area contributed by atoms with Crippen LogP contribution in [0.5, 0.6) is 0 Å². The molecule has 1 aromatic heterocycles. The molecule has 1 aromatic rings. The third-order valence-electron chi connectivity index (χ3n) is 3.32. The minimum Gasteiger partial charge on any atom is -0.310 e. The van der Waals surface area contributed by atoms with E-state index in [0.29, 0.717) is 0 Å². The van der Waals surface area contributed by atoms with E-state index in [2.05, 4.69) is 32.7 Å². The Hall–Kier alpha value is 0.140. The van der Waals surface area contributed by atoms with Gasteiger partial charge in [0, 0.05) is 12.6 Å². The maximum Gasteiger partial charge on any atom is 0.0701 e. The number of halogens is 1. The van der Waals surface area contributed by atoms with E-state index in [4.69, 9.17) is 0 Å². The van der Waals surface area contributed by atoms with Crippen molar-refractivity contribution in [1.82, 2.24) is 5.32 Å². The molecule has 0 radical (unpaired) electrons. The van der Waals surface area contributed by atoms with Crippen LogP contribution in [-0.2, 0) is 6.54 Å². The van der Waals surface area contributed by atoms with Crippen LogP contribution in [-0.4, -0.2) is 6.04 Å². The fraction of sp³-hybridized carbons (Fsp3) is 0.692. The van der Waals surface area contributed by atoms with Crippen LogP contribution in [0.2, 0.25) is 0 Å². The molecule has 0 atom stereocenters. The molecular weight excluding hydrogens is 282 g/mol. The summed E-state index contributed by atoms with van der Waals surface area (Å²) in [5, 5.41) is 5.94. The smallest absolute Gasteiger partial charge is 0.0701 e. The van der Waals surface area contributed by atoms with Gasteiger partial charge in [0.25, 0.3) is 0 Å². The van der Waals surface area contributed by atoms with Gasteiger partial charge in [0.05, 0.1) is 3.79 Å². The minimum absolute atomic E-state index is 0.749. The van der Waals surface area contributed by atoms with Crippen molar-refractivity contribution >= 4 is 27.3 Å². The quantitative estimate of drug-likeness (QED) is 0.852. The highest BCUT2D eigenvalue weighted by Gasteiger charge is 2.10. The van der Waals surface area contributed by atoms with Crippen LogP contribution in [0, 0.1) is 0 Å². The Morgan fingerprint density at radius 1 is 1.19 bits per heavy atom. The largest absolute Gasteiger partial charge is 0.310 e. The van der Waals surface area contributed by atoms with Gasteiger partial charge in [-0.2, -0.15) is 0 Å². The summed E-state index contributed by atoms with van der Waals surface area (Å²) >= 11 is 5.29. The molecule has 1 heterocycles. The van der Waals surface area contributed by atoms with Crippen LogP contribution < -0.4 is 5.32 Å². The van der Waals surface area contributed by atoms with Gasteiger partial charge in [0.2, 0.25) is 0 Å². The second-order valence-corrected chi connectivity index (χ2v) is 6.97. The molecule has 16 heavy (non-hydrogen) atoms. The highest BCUT2D eigenvalue weighted by Crippen LogP contribution is 2.21. The Morgan fingerprint density at radius 2 is 1.88 bits per heavy atom. The SMILES string of the molecule is Brc1cc(CNC2CCCCCCC2)cs1. The summed E-state index contributed by atoms with van der Waals surface area (Å²) in [5.74, 6) is 0. The van der Waals surface area contributed by atoms with E-state index in [1.165, 1.54) is 54.3 Å². The first-order valence-electron chi connectivity index (χ1n) is 6.31. The van der Waals surface area contributed by atoms with Crippen LogP contribution in [0.3, 0.4) is 0 Å². The number of nitrogens with one attached hydrogen (secondary N) is 1. The van der Waals surface area contributed by atoms with Gasteiger partial charge in [-0.25, -0.2) is 0 Å². The van der Waals surface area contributed by atoms with E-state index in [0.717, 1.165) is 12.6 Å². The van der Waals surface area contributed by atoms with Crippen LogP contribution >= 0.6 is 27.3 Å². The molecule has 3 heteroatoms. The lowest BCUT2D eigenvalue weighted by Gasteiger charge is -2.20. The predicted molar refractivity (Wildman–Crippen MR) is 75.0 cm³/mol. The molecule has 0 unspecified atom stereocenters. The second kappa shape index (κ2) is 6.77. The first-order valence-corrected chi connectivity index (χ1v) is 7.98. The standard InChI is InChI=1S/C13H20BrNS/c14-13-8-11(10-16-13)9-15-12-6-4-2-1-3-5-7-12/h8,10,12,15H,1-7,9H2. The van der Waals surface area contributed by atoms with Gasteiger partial charge in [-0.1, -0.05) is 32.1 Å². The molecule has 1 fully saturated rings. The lowest BCUT2D eigenvalue weighted by atomic mass is 9.96. The summed E-state index contributed by atoms with van der Waals surface area (Å²) in [6.07, 6.45) is 9.86. The highest BCUT2D eigenvalue weighted by atomic mass is 79.9. The highest BCUT2D eigenvalue weighted by molar-refractivity contribution is 9.11. The Bertz CT molecular complexity index is 303. The molecule has 0 saturated heterocycles. The van der Waals surface area contributed by atoms with Crippen molar-refractivity contribution in [3.63, 3.8) is 0 Å². The average Bonchev–Trinajstić information content (AvgIpc) is 2.63. The number of rotatable bonds is 3. The average molecular weight is 302 g/mol. The first kappa shape index (κ1) is 12.6. The molecule has 0 spiro atoms. The molecular formula is C13H20BrNS. The van der Waals surface area contributed by atoms with Gasteiger partial charge < -0.3 is 5.32 Å². The fourth-order valence-electron chi connectivity index (χ4n) is 2.36. The molecule has 1 nitrogen and oxygen atoms in total. The Morgan fingerprint density at radius 3 is 2.50 bits per heavy atom. The lowest BCUT2D eigenvalue weighted by molar-refractivity contribution is 0.389. The number of thiophene rings is 1. The maximum atomic E-state index is 3.70. The van der Waals surface area contributed by atoms with Crippen molar-refractivity contribution in [2.75, 3.05) is 0 Å². The van der Waals surface area contributed by atoms with E-state index in [-0.39, 0.29) is 0 Å². The van der Waals surface area contributed by atoms with Gasteiger partial charge in [0.15, 0.2) is 0 Å². The summed E-state index contributed by atoms with van der Waals surface area (Å²) in [5.41, 5.74) is 1.42. The molecule has 1 N–H and O–H groups in total. The van der Waals surface area contributed by atoms with Gasteiger partial charge in [-0.15, -0.1) is 11.3 Å². The van der Waals surface area contributed by atoms with Crippen molar-refractivity contribution in [3.05, 3.63) is 20.8 Å². The van der Waals surface area contributed by atoms with Crippen molar-refractivity contribution in [2.45, 2.75) is 57.5 Å². The predicted octanol–water partition coefficient (Wildman–Crippen LogP) is 4.71. The van der Waals surface area contributed by atoms with Crippen LogP contribution in [0.1, 0.15) is 50.5 Å². The lowest BCUT2D eigenvalue weighted by Crippen LogP contribution is -2.29. The van der Waals surface area contributed by atoms with Crippen molar-refractivity contribution in [1.29, 1.82) is 0 Å². The summed E-state index contributed by atoms with van der Waals surface area (Å²) < 4.78 is 1.24. The van der Waals surface area contributed by atoms with E-state index < -0.39 is 0 Å². The summed E-state index contributed by atoms with van der Waals surface area (Å²) in [7, 11) is 0. The van der Waals surface area contributed by atoms with Crippen LogP contribution in [0.4, 0.5) is 0 Å². The van der Waals surface area contributed by atoms with Gasteiger partial charge in [-0.05, 0) is 45.8 Å². The molecule has 0 bridgehead atoms. The molecule has 1 aliphatic carbocycles. The third kappa shape index (κ3) is 4.19. The van der Waals surface area contributed by atoms with Gasteiger partial charge in [-0.3, -0.25) is 0 Å². The molecule has 0 amide bonds. The number of hydrogen-bond donors (Lipinski definition) is 1. The molecule has 1 saturated carbocycles. The minimum atomic E-state index is 0.749. The van der Waals surface area contributed by atoms with E-state index >= 15 is 0 Å². The summed E-state index contributed by atoms with van der Waals surface area (Å²) in [6.45, 7) is 1.03. The van der Waals surface area contributed by atoms with Crippen LogP contribution in [0.25, 0.3) is 0 Å². The zero-order valence-corrected chi connectivity index (χ0v) is 12.1. The molecule has 0 aliphatic heterocycles. The Kier molecular flexibility index (Phi) is 5.33. The van der Waals surface area contributed by atoms with E-state index in [1.807, 2.05) is 0 Å². The van der Waals surface area contributed by atoms with Crippen molar-refractivity contribution in [3.8, 4) is 0 Å². The fourth-order valence-corrected chi connectivity index (χ4v) is 3.57. The Labute approximate surface area is 111 Å². The maximum absolute atomic E-state index is 3.70. The summed E-state index contributed by atoms with van der Waals surface area (Å²) in [4.78, 5) is 0. The number of hydrogen-bond acceptors (Lipinski definition) is 2. The molecule has 90 valence electrons. The van der Waals surface area contributed by atoms with E-state index in [1.54, 1.807) is 11.3 Å².